The molecule has 0 bridgehead atoms. The van der Waals surface area contributed by atoms with Crippen LogP contribution in [-0.4, -0.2) is 60.4 Å². The van der Waals surface area contributed by atoms with Crippen molar-refractivity contribution in [3.8, 4) is 0 Å². The van der Waals surface area contributed by atoms with E-state index in [0.29, 0.717) is 44.8 Å². The number of rotatable bonds is 46. The summed E-state index contributed by atoms with van der Waals surface area (Å²) in [5.74, 6) is 0.416. The second-order valence-electron chi connectivity index (χ2n) is 18.5. The van der Waals surface area contributed by atoms with Gasteiger partial charge in [0.25, 0.3) is 0 Å². The van der Waals surface area contributed by atoms with E-state index in [1.165, 1.54) is 187 Å². The van der Waals surface area contributed by atoms with Gasteiger partial charge in [-0.05, 0) is 46.5 Å². The maximum Gasteiger partial charge on any atom is 0.305 e. The van der Waals surface area contributed by atoms with Gasteiger partial charge in [-0.1, -0.05) is 248 Å². The third-order valence-electron chi connectivity index (χ3n) is 11.7. The lowest BCUT2D eigenvalue weighted by Gasteiger charge is -2.23. The minimum Gasteiger partial charge on any atom is -0.466 e. The molecule has 1 atom stereocenters. The minimum atomic E-state index is -0.511. The van der Waals surface area contributed by atoms with Gasteiger partial charge in [-0.15, -0.1) is 12.6 Å². The van der Waals surface area contributed by atoms with Crippen LogP contribution in [0.2, 0.25) is 0 Å². The number of esters is 1. The van der Waals surface area contributed by atoms with Gasteiger partial charge in [-0.2, -0.15) is 0 Å². The topological polar surface area (TPSA) is 119 Å². The Hall–Kier alpha value is -1.45. The van der Waals surface area contributed by atoms with E-state index in [9.17, 15) is 19.2 Å². The summed E-state index contributed by atoms with van der Waals surface area (Å²) in [6.07, 6.45) is 49.0. The third kappa shape index (κ3) is 83.7. The molecule has 0 aromatic rings. The number of hydrogen-bond acceptors (Lipinski definition) is 8. The monoisotopic (exact) mass is 1000 g/mol. The molecule has 1 unspecified atom stereocenters. The lowest BCUT2D eigenvalue weighted by atomic mass is 10.0. The summed E-state index contributed by atoms with van der Waals surface area (Å²) in [4.78, 5) is 44.4. The average molecular weight is 1000 g/mol. The normalized spacial score (nSPS) is 11.0. The van der Waals surface area contributed by atoms with Crippen molar-refractivity contribution in [2.75, 3.05) is 26.9 Å². The van der Waals surface area contributed by atoms with Crippen LogP contribution in [0.4, 0.5) is 0 Å². The molecular weight excluding hydrogens is 879 g/mol. The number of ether oxygens (including phenoxy) is 2. The SMILES string of the molecule is CC.CC.CCCCCCCCCCCCCCCCCC(=O)CCCC.CCCCCCCCCCCCCCCCCC(=O)OCCCC.CCOC(C)(S)CCNC(=O)CCC(C)=O.CO. The highest BCUT2D eigenvalue weighted by atomic mass is 32.1. The van der Waals surface area contributed by atoms with E-state index in [4.69, 9.17) is 14.6 Å². The Balaban J connectivity index is -0.000000207. The van der Waals surface area contributed by atoms with Crippen molar-refractivity contribution in [2.24, 2.45) is 0 Å². The number of carbonyl (C=O) groups is 4. The second-order valence-corrected chi connectivity index (χ2v) is 19.5. The Morgan fingerprint density at radius 3 is 1.10 bits per heavy atom. The van der Waals surface area contributed by atoms with Crippen molar-refractivity contribution < 1.29 is 33.8 Å². The second kappa shape index (κ2) is 73.1. The summed E-state index contributed by atoms with van der Waals surface area (Å²) in [7, 11) is 1.00. The Kier molecular flexibility index (Phi) is 83.6. The first-order valence-corrected chi connectivity index (χ1v) is 30.2. The van der Waals surface area contributed by atoms with Gasteiger partial charge in [0.05, 0.1) is 6.61 Å². The first kappa shape index (κ1) is 79.0. The van der Waals surface area contributed by atoms with Crippen LogP contribution in [0, 0.1) is 0 Å². The number of ketones is 2. The average Bonchev–Trinajstić information content (AvgIpc) is 3.35. The number of carbonyl (C=O) groups excluding carboxylic acids is 4. The first-order valence-electron chi connectivity index (χ1n) is 29.7. The molecule has 0 saturated carbocycles. The highest BCUT2D eigenvalue weighted by Gasteiger charge is 2.18. The predicted molar refractivity (Wildman–Crippen MR) is 307 cm³/mol. The van der Waals surface area contributed by atoms with Gasteiger partial charge in [-0.3, -0.25) is 14.4 Å². The molecule has 0 aromatic heterocycles. The Morgan fingerprint density at radius 1 is 0.449 bits per heavy atom. The zero-order valence-electron chi connectivity index (χ0n) is 48.7. The maximum absolute atomic E-state index is 11.5. The molecule has 0 spiro atoms. The quantitative estimate of drug-likeness (QED) is 0.0240. The molecule has 0 aliphatic rings. The fraction of sp³-hybridized carbons (Fsp3) is 0.933. The Bertz CT molecular complexity index is 977. The standard InChI is InChI=1S/C22H44O2.C22H44O.C11H21NO3S.2C2H6.CH4O/c1-3-5-7-8-9-10-11-12-13-14-15-16-17-18-19-20-22(23)24-21-6-4-2;1-3-5-7-8-9-10-11-12-13-14-15-16-17-18-19-21-22(23)20-6-4-2;1-4-15-11(3,16)7-8-12-10(14)6-5-9(2)13;3*1-2/h3-21H2,1-2H3;3-21H2,1-2H3;16H,4-8H2,1-3H3,(H,12,14);2*1-2H3;2H,1H3. The van der Waals surface area contributed by atoms with Crippen LogP contribution in [0.3, 0.4) is 0 Å². The van der Waals surface area contributed by atoms with Gasteiger partial charge < -0.3 is 24.7 Å². The first-order chi connectivity index (χ1) is 33.5. The number of nitrogens with one attached hydrogen (secondary N) is 1. The molecule has 0 aromatic carbocycles. The van der Waals surface area contributed by atoms with Crippen molar-refractivity contribution in [1.82, 2.24) is 5.32 Å². The van der Waals surface area contributed by atoms with Crippen molar-refractivity contribution >= 4 is 36.1 Å². The maximum atomic E-state index is 11.5. The zero-order chi connectivity index (χ0) is 53.3. The van der Waals surface area contributed by atoms with E-state index in [2.05, 4.69) is 45.6 Å². The van der Waals surface area contributed by atoms with E-state index >= 15 is 0 Å². The minimum absolute atomic E-state index is 0.00172. The zero-order valence-corrected chi connectivity index (χ0v) is 49.6. The Morgan fingerprint density at radius 2 is 0.768 bits per heavy atom. The molecule has 69 heavy (non-hydrogen) atoms. The number of aliphatic hydroxyl groups is 1. The molecule has 0 aliphatic carbocycles. The van der Waals surface area contributed by atoms with Crippen LogP contribution in [-0.2, 0) is 28.7 Å². The summed E-state index contributed by atoms with van der Waals surface area (Å²) >= 11 is 4.33. The van der Waals surface area contributed by atoms with Crippen molar-refractivity contribution in [3.05, 3.63) is 0 Å². The van der Waals surface area contributed by atoms with Gasteiger partial charge in [-0.25, -0.2) is 0 Å². The van der Waals surface area contributed by atoms with Gasteiger partial charge >= 0.3 is 5.97 Å². The van der Waals surface area contributed by atoms with Crippen LogP contribution in [0.5, 0.6) is 0 Å². The molecule has 1 amide bonds. The number of Topliss-reactive ketones (excluding diaryl/α,β-unsaturated/α-hetero) is 2. The van der Waals surface area contributed by atoms with Crippen LogP contribution in [0.15, 0.2) is 0 Å². The van der Waals surface area contributed by atoms with Crippen molar-refractivity contribution in [1.29, 1.82) is 0 Å². The molecule has 2 N–H and O–H groups in total. The largest absolute Gasteiger partial charge is 0.466 e. The highest BCUT2D eigenvalue weighted by Crippen LogP contribution is 2.19. The van der Waals surface area contributed by atoms with E-state index in [0.717, 1.165) is 58.5 Å². The van der Waals surface area contributed by atoms with Gasteiger partial charge in [0.1, 0.15) is 16.5 Å². The molecule has 0 aliphatic heterocycles. The summed E-state index contributed by atoms with van der Waals surface area (Å²) in [5, 5.41) is 9.73. The van der Waals surface area contributed by atoms with Crippen LogP contribution >= 0.6 is 12.6 Å². The molecule has 0 rings (SSSR count). The van der Waals surface area contributed by atoms with E-state index in [1.807, 2.05) is 41.5 Å². The number of hydrogen-bond donors (Lipinski definition) is 3. The van der Waals surface area contributed by atoms with Gasteiger partial charge in [0.15, 0.2) is 0 Å². The fourth-order valence-electron chi connectivity index (χ4n) is 7.43. The molecule has 0 radical (unpaired) electrons. The van der Waals surface area contributed by atoms with Crippen molar-refractivity contribution in [2.45, 2.75) is 338 Å². The van der Waals surface area contributed by atoms with Crippen molar-refractivity contribution in [3.63, 3.8) is 0 Å². The Labute approximate surface area is 438 Å². The van der Waals surface area contributed by atoms with E-state index < -0.39 is 4.93 Å². The molecular formula is C60H125NO7S. The number of amides is 1. The van der Waals surface area contributed by atoms with E-state index in [1.54, 1.807) is 0 Å². The third-order valence-corrected chi connectivity index (χ3v) is 12.0. The smallest absolute Gasteiger partial charge is 0.305 e. The fourth-order valence-corrected chi connectivity index (χ4v) is 7.67. The molecule has 8 nitrogen and oxygen atoms in total. The number of thiol groups is 1. The molecule has 9 heteroatoms. The summed E-state index contributed by atoms with van der Waals surface area (Å²) in [6.45, 7) is 23.8. The summed E-state index contributed by atoms with van der Waals surface area (Å²) in [5.41, 5.74) is 0. The molecule has 0 saturated heterocycles. The van der Waals surface area contributed by atoms with Crippen LogP contribution in [0.25, 0.3) is 0 Å². The van der Waals surface area contributed by atoms with Gasteiger partial charge in [0, 0.05) is 58.8 Å². The molecule has 418 valence electrons. The van der Waals surface area contributed by atoms with Crippen LogP contribution < -0.4 is 5.32 Å². The number of unbranched alkanes of at least 4 members (excludes halogenated alkanes) is 30. The summed E-state index contributed by atoms with van der Waals surface area (Å²) in [6, 6.07) is 0. The lowest BCUT2D eigenvalue weighted by molar-refractivity contribution is -0.143. The highest BCUT2D eigenvalue weighted by molar-refractivity contribution is 7.81. The predicted octanol–water partition coefficient (Wildman–Crippen LogP) is 18.8. The molecule has 0 heterocycles. The lowest BCUT2D eigenvalue weighted by Crippen LogP contribution is -2.31. The van der Waals surface area contributed by atoms with Gasteiger partial charge in [0.2, 0.25) is 5.91 Å². The number of aliphatic hydroxyl groups excluding tert-OH is 1. The van der Waals surface area contributed by atoms with Crippen LogP contribution in [0.1, 0.15) is 333 Å². The molecule has 0 fully saturated rings. The van der Waals surface area contributed by atoms with E-state index in [-0.39, 0.29) is 24.1 Å². The summed E-state index contributed by atoms with van der Waals surface area (Å²) < 4.78 is 10.5.